The molecule has 0 saturated heterocycles. The van der Waals surface area contributed by atoms with Gasteiger partial charge in [0.2, 0.25) is 14.1 Å². The molecule has 0 saturated carbocycles. The van der Waals surface area contributed by atoms with E-state index in [2.05, 4.69) is 0 Å². The maximum atomic E-state index is 16.9. The molecule has 2 aliphatic carbocycles. The third kappa shape index (κ3) is 5.05. The Morgan fingerprint density at radius 1 is 0.902 bits per heavy atom. The molecular weight excluding hydrogens is 584 g/mol. The van der Waals surface area contributed by atoms with Gasteiger partial charge in [0.25, 0.3) is 5.85 Å². The predicted octanol–water partition coefficient (Wildman–Crippen LogP) is 10.1. The molecule has 41 heavy (non-hydrogen) atoms. The van der Waals surface area contributed by atoms with Gasteiger partial charge in [-0.05, 0) is 22.8 Å². The minimum absolute atomic E-state index is 0.156. The van der Waals surface area contributed by atoms with Gasteiger partial charge in [-0.2, -0.15) is 0 Å². The second-order valence-electron chi connectivity index (χ2n) is 11.4. The van der Waals surface area contributed by atoms with Crippen LogP contribution < -0.4 is 0 Å². The van der Waals surface area contributed by atoms with E-state index >= 15 is 22.0 Å². The monoisotopic (exact) mass is 617 g/mol. The van der Waals surface area contributed by atoms with E-state index in [1.807, 2.05) is 20.8 Å². The molecule has 4 rings (SSSR count). The lowest BCUT2D eigenvalue weighted by Gasteiger charge is -2.47. The topological polar surface area (TPSA) is 9.23 Å². The zero-order valence-corrected chi connectivity index (χ0v) is 25.6. The first-order valence-corrected chi connectivity index (χ1v) is 19.1. The van der Waals surface area contributed by atoms with Crippen molar-refractivity contribution in [2.24, 2.45) is 0 Å². The molecule has 0 spiro atoms. The molecule has 4 unspecified atom stereocenters. The van der Waals surface area contributed by atoms with E-state index in [0.29, 0.717) is 5.67 Å². The van der Waals surface area contributed by atoms with Gasteiger partial charge in [-0.3, -0.25) is 0 Å². The summed E-state index contributed by atoms with van der Waals surface area (Å²) < 4.78 is 129. The molecule has 11 heteroatoms. The lowest BCUT2D eigenvalue weighted by Crippen LogP contribution is -2.59. The summed E-state index contributed by atoms with van der Waals surface area (Å²) in [7, 11) is -5.80. The van der Waals surface area contributed by atoms with Crippen molar-refractivity contribution in [2.75, 3.05) is 0 Å². The van der Waals surface area contributed by atoms with E-state index in [1.54, 1.807) is 50.2 Å². The highest BCUT2D eigenvalue weighted by molar-refractivity contribution is 6.95. The fraction of sp³-hybridized carbons (Fsp3) is 0.467. The van der Waals surface area contributed by atoms with Crippen LogP contribution >= 0.6 is 0 Å². The second kappa shape index (κ2) is 11.4. The van der Waals surface area contributed by atoms with Gasteiger partial charge in [-0.25, -0.2) is 35.1 Å². The maximum Gasteiger partial charge on any atom is 0.291 e. The summed E-state index contributed by atoms with van der Waals surface area (Å²) in [6.45, 7) is 9.60. The maximum absolute atomic E-state index is 16.9. The van der Waals surface area contributed by atoms with E-state index in [9.17, 15) is 13.2 Å². The van der Waals surface area contributed by atoms with Gasteiger partial charge in [0.05, 0.1) is 8.07 Å². The smallest absolute Gasteiger partial charge is 0.291 e. The Morgan fingerprint density at radius 2 is 1.49 bits per heavy atom. The van der Waals surface area contributed by atoms with Crippen molar-refractivity contribution in [1.29, 1.82) is 0 Å². The van der Waals surface area contributed by atoms with Crippen molar-refractivity contribution in [3.05, 3.63) is 87.8 Å². The largest absolute Gasteiger partial charge is 0.378 e. The van der Waals surface area contributed by atoms with Gasteiger partial charge in [0.1, 0.15) is 0 Å². The summed E-state index contributed by atoms with van der Waals surface area (Å²) in [5, 5.41) is 0. The van der Waals surface area contributed by atoms with Crippen LogP contribution in [0.1, 0.15) is 57.5 Å². The first-order valence-electron chi connectivity index (χ1n) is 13.8. The summed E-state index contributed by atoms with van der Waals surface area (Å²) in [5.74, 6) is -14.6. The molecule has 2 aromatic carbocycles. The van der Waals surface area contributed by atoms with Gasteiger partial charge >= 0.3 is 0 Å². The van der Waals surface area contributed by atoms with Crippen molar-refractivity contribution in [3.8, 4) is 0 Å². The fourth-order valence-corrected chi connectivity index (χ4v) is 20.7. The highest BCUT2D eigenvalue weighted by atomic mass is 28.4. The molecule has 4 atom stereocenters. The van der Waals surface area contributed by atoms with Gasteiger partial charge in [-0.1, -0.05) is 83.1 Å². The van der Waals surface area contributed by atoms with Crippen LogP contribution in [0.25, 0.3) is 5.57 Å². The normalized spacial score (nSPS) is 24.1. The molecule has 0 fully saturated rings. The Balaban J connectivity index is 1.91. The molecule has 0 N–H and O–H groups in total. The van der Waals surface area contributed by atoms with Crippen molar-refractivity contribution >= 4 is 22.0 Å². The molecule has 2 aromatic rings. The van der Waals surface area contributed by atoms with Crippen LogP contribution in [0.15, 0.2) is 47.6 Å². The standard InChI is InChI=1S/C30H33F8OSi2/c1-6-40(7-2,8-3)16-41(17(4)5,15-18-12-10-9-11-13-18)39-30(38)28(36)22-21-19(14-20(31)25(33)26(21)34)24(32)23(22)27(35)29(30)37/h9-13,17,24,28H,6-8,15-16H2,1-5H3. The number of hydrogen-bond donors (Lipinski definition) is 0. The zero-order valence-electron chi connectivity index (χ0n) is 23.6. The van der Waals surface area contributed by atoms with E-state index in [1.165, 1.54) is 0 Å². The molecule has 223 valence electrons. The number of rotatable bonds is 10. The Labute approximate surface area is 237 Å². The number of alkyl halides is 3. The average Bonchev–Trinajstić information content (AvgIpc) is 3.25. The summed E-state index contributed by atoms with van der Waals surface area (Å²) in [4.78, 5) is 0. The van der Waals surface area contributed by atoms with Gasteiger partial charge in [0.15, 0.2) is 35.6 Å². The second-order valence-corrected chi connectivity index (χ2v) is 21.8. The minimum Gasteiger partial charge on any atom is -0.378 e. The van der Waals surface area contributed by atoms with Crippen LogP contribution in [-0.2, 0) is 10.5 Å². The molecule has 2 aliphatic rings. The first-order chi connectivity index (χ1) is 19.2. The molecule has 0 aliphatic heterocycles. The van der Waals surface area contributed by atoms with Crippen molar-refractivity contribution < 1.29 is 39.5 Å². The van der Waals surface area contributed by atoms with Crippen molar-refractivity contribution in [3.63, 3.8) is 0 Å². The highest BCUT2D eigenvalue weighted by Gasteiger charge is 2.62. The summed E-state index contributed by atoms with van der Waals surface area (Å²) in [5.41, 5.74) is -4.14. The van der Waals surface area contributed by atoms with E-state index < -0.39 is 91.5 Å². The van der Waals surface area contributed by atoms with Gasteiger partial charge in [-0.15, -0.1) is 0 Å². The third-order valence-corrected chi connectivity index (χ3v) is 22.9. The molecule has 0 amide bonds. The Kier molecular flexibility index (Phi) is 8.84. The fourth-order valence-electron chi connectivity index (χ4n) is 6.24. The van der Waals surface area contributed by atoms with E-state index in [-0.39, 0.29) is 6.04 Å². The number of allylic oxidation sites excluding steroid dienone is 2. The number of hydrogen-bond acceptors (Lipinski definition) is 1. The van der Waals surface area contributed by atoms with E-state index in [4.69, 9.17) is 4.43 Å². The molecule has 1 radical (unpaired) electrons. The lowest BCUT2D eigenvalue weighted by atomic mass is 9.89. The average molecular weight is 618 g/mol. The van der Waals surface area contributed by atoms with Crippen LogP contribution in [0.5, 0.6) is 0 Å². The van der Waals surface area contributed by atoms with Gasteiger partial charge < -0.3 is 4.43 Å². The molecule has 0 heterocycles. The molecule has 0 bridgehead atoms. The van der Waals surface area contributed by atoms with Crippen molar-refractivity contribution in [1.82, 2.24) is 0 Å². The SMILES string of the molecule is CC[Si](CC)(CC)C[Si](Cc1ccccc1)(OC1(F)C(F)=C(F)C2=C(c3c([c]c(F)c(F)c3F)C2F)C1F)C(C)C. The third-order valence-electron chi connectivity index (χ3n) is 9.17. The van der Waals surface area contributed by atoms with E-state index in [0.717, 1.165) is 23.7 Å². The van der Waals surface area contributed by atoms with Crippen LogP contribution in [0.4, 0.5) is 35.1 Å². The van der Waals surface area contributed by atoms with Gasteiger partial charge in [0, 0.05) is 28.3 Å². The first kappa shape index (κ1) is 31.7. The van der Waals surface area contributed by atoms with Crippen LogP contribution in [-0.4, -0.2) is 28.4 Å². The molecule has 0 aromatic heterocycles. The Bertz CT molecular complexity index is 1370. The molecule has 1 nitrogen and oxygen atoms in total. The summed E-state index contributed by atoms with van der Waals surface area (Å²) in [6, 6.07) is 13.0. The minimum atomic E-state index is -4.08. The Hall–Kier alpha value is -2.25. The quantitative estimate of drug-likeness (QED) is 0.146. The highest BCUT2D eigenvalue weighted by Crippen LogP contribution is 2.58. The zero-order chi connectivity index (χ0) is 30.5. The van der Waals surface area contributed by atoms with Crippen molar-refractivity contribution in [2.45, 2.75) is 88.2 Å². The van der Waals surface area contributed by atoms with Crippen LogP contribution in [0.2, 0.25) is 29.3 Å². The number of benzene rings is 2. The summed E-state index contributed by atoms with van der Waals surface area (Å²) >= 11 is 0. The molecular formula is C30H33F8OSi2. The summed E-state index contributed by atoms with van der Waals surface area (Å²) in [6.07, 6.45) is -6.04. The lowest BCUT2D eigenvalue weighted by molar-refractivity contribution is -0.0990. The Morgan fingerprint density at radius 3 is 2.02 bits per heavy atom. The number of halogens is 8. The van der Waals surface area contributed by atoms with Crippen LogP contribution in [0.3, 0.4) is 0 Å². The predicted molar refractivity (Wildman–Crippen MR) is 148 cm³/mol. The number of fused-ring (bicyclic) bond motifs is 2. The van der Waals surface area contributed by atoms with Crippen LogP contribution in [0, 0.1) is 23.5 Å².